The SMILES string of the molecule is O=c1[nH]c(N2CCN(c3ccccc3)CC2)nc2cc3ccccc3cc12. The summed E-state index contributed by atoms with van der Waals surface area (Å²) in [5, 5.41) is 2.80. The monoisotopic (exact) mass is 356 g/mol. The Kier molecular flexibility index (Phi) is 3.78. The maximum atomic E-state index is 12.6. The summed E-state index contributed by atoms with van der Waals surface area (Å²) >= 11 is 0. The van der Waals surface area contributed by atoms with Gasteiger partial charge in [-0.25, -0.2) is 4.98 Å². The first kappa shape index (κ1) is 15.9. The molecule has 1 aromatic heterocycles. The highest BCUT2D eigenvalue weighted by Crippen LogP contribution is 2.22. The summed E-state index contributed by atoms with van der Waals surface area (Å²) in [6.45, 7) is 3.47. The summed E-state index contributed by atoms with van der Waals surface area (Å²) in [5.41, 5.74) is 1.91. The quantitative estimate of drug-likeness (QED) is 0.559. The van der Waals surface area contributed by atoms with Gasteiger partial charge in [0, 0.05) is 31.9 Å². The van der Waals surface area contributed by atoms with Crippen LogP contribution in [0.3, 0.4) is 0 Å². The Morgan fingerprint density at radius 3 is 2.15 bits per heavy atom. The Hall–Kier alpha value is -3.34. The fourth-order valence-electron chi connectivity index (χ4n) is 3.78. The van der Waals surface area contributed by atoms with Crippen LogP contribution in [0.1, 0.15) is 0 Å². The van der Waals surface area contributed by atoms with Crippen LogP contribution < -0.4 is 15.4 Å². The van der Waals surface area contributed by atoms with Crippen molar-refractivity contribution < 1.29 is 0 Å². The highest BCUT2D eigenvalue weighted by molar-refractivity contribution is 5.96. The van der Waals surface area contributed by atoms with Gasteiger partial charge in [-0.15, -0.1) is 0 Å². The smallest absolute Gasteiger partial charge is 0.260 e. The van der Waals surface area contributed by atoms with Gasteiger partial charge in [-0.3, -0.25) is 9.78 Å². The van der Waals surface area contributed by atoms with Crippen LogP contribution in [-0.4, -0.2) is 36.1 Å². The van der Waals surface area contributed by atoms with E-state index >= 15 is 0 Å². The van der Waals surface area contributed by atoms with Crippen LogP contribution in [0.4, 0.5) is 11.6 Å². The molecule has 2 heterocycles. The zero-order valence-corrected chi connectivity index (χ0v) is 14.9. The number of nitrogens with zero attached hydrogens (tertiary/aromatic N) is 3. The minimum atomic E-state index is -0.0776. The number of rotatable bonds is 2. The normalized spacial score (nSPS) is 14.8. The minimum Gasteiger partial charge on any atom is -0.368 e. The summed E-state index contributed by atoms with van der Waals surface area (Å²) in [5.74, 6) is 0.662. The Morgan fingerprint density at radius 1 is 0.778 bits per heavy atom. The van der Waals surface area contributed by atoms with Crippen molar-refractivity contribution in [2.75, 3.05) is 36.0 Å². The predicted molar refractivity (Wildman–Crippen MR) is 111 cm³/mol. The van der Waals surface area contributed by atoms with E-state index in [0.29, 0.717) is 11.3 Å². The molecular formula is C22H20N4O. The molecule has 3 aromatic carbocycles. The molecule has 0 radical (unpaired) electrons. The Bertz CT molecular complexity index is 1160. The number of hydrogen-bond donors (Lipinski definition) is 1. The van der Waals surface area contributed by atoms with Crippen LogP contribution in [0.15, 0.2) is 71.5 Å². The van der Waals surface area contributed by atoms with Crippen LogP contribution in [0.2, 0.25) is 0 Å². The Morgan fingerprint density at radius 2 is 1.41 bits per heavy atom. The van der Waals surface area contributed by atoms with E-state index < -0.39 is 0 Å². The highest BCUT2D eigenvalue weighted by Gasteiger charge is 2.19. The number of nitrogens with one attached hydrogen (secondary N) is 1. The molecule has 0 aliphatic carbocycles. The molecule has 1 aliphatic heterocycles. The summed E-state index contributed by atoms with van der Waals surface area (Å²) < 4.78 is 0. The maximum Gasteiger partial charge on any atom is 0.260 e. The van der Waals surface area contributed by atoms with E-state index in [1.165, 1.54) is 5.69 Å². The van der Waals surface area contributed by atoms with E-state index in [1.54, 1.807) is 0 Å². The molecule has 0 unspecified atom stereocenters. The molecule has 5 nitrogen and oxygen atoms in total. The summed E-state index contributed by atoms with van der Waals surface area (Å²) in [6, 6.07) is 22.4. The molecule has 27 heavy (non-hydrogen) atoms. The van der Waals surface area contributed by atoms with Crippen molar-refractivity contribution in [1.29, 1.82) is 0 Å². The molecule has 1 fully saturated rings. The van der Waals surface area contributed by atoms with Crippen molar-refractivity contribution in [2.45, 2.75) is 0 Å². The van der Waals surface area contributed by atoms with Crippen LogP contribution in [-0.2, 0) is 0 Å². The first-order valence-electron chi connectivity index (χ1n) is 9.26. The number of aromatic nitrogens is 2. The molecule has 0 saturated carbocycles. The summed E-state index contributed by atoms with van der Waals surface area (Å²) in [4.78, 5) is 24.9. The molecule has 4 aromatic rings. The molecule has 0 bridgehead atoms. The zero-order chi connectivity index (χ0) is 18.2. The maximum absolute atomic E-state index is 12.6. The number of fused-ring (bicyclic) bond motifs is 2. The lowest BCUT2D eigenvalue weighted by molar-refractivity contribution is 0.640. The molecule has 5 rings (SSSR count). The van der Waals surface area contributed by atoms with E-state index in [4.69, 9.17) is 4.98 Å². The number of piperazine rings is 1. The fourth-order valence-corrected chi connectivity index (χ4v) is 3.78. The first-order chi connectivity index (χ1) is 13.3. The Labute approximate surface area is 156 Å². The summed E-state index contributed by atoms with van der Waals surface area (Å²) in [6.07, 6.45) is 0. The minimum absolute atomic E-state index is 0.0776. The molecule has 5 heteroatoms. The molecule has 1 saturated heterocycles. The van der Waals surface area contributed by atoms with Crippen LogP contribution >= 0.6 is 0 Å². The molecule has 0 atom stereocenters. The summed E-state index contributed by atoms with van der Waals surface area (Å²) in [7, 11) is 0. The van der Waals surface area contributed by atoms with Gasteiger partial charge in [-0.1, -0.05) is 42.5 Å². The second-order valence-corrected chi connectivity index (χ2v) is 6.92. The number of anilines is 2. The van der Waals surface area contributed by atoms with Crippen molar-refractivity contribution >= 4 is 33.3 Å². The second kappa shape index (κ2) is 6.43. The van der Waals surface area contributed by atoms with Crippen molar-refractivity contribution in [3.63, 3.8) is 0 Å². The molecule has 1 aliphatic rings. The van der Waals surface area contributed by atoms with Crippen molar-refractivity contribution in [3.8, 4) is 0 Å². The second-order valence-electron chi connectivity index (χ2n) is 6.92. The average Bonchev–Trinajstić information content (AvgIpc) is 2.73. The lowest BCUT2D eigenvalue weighted by Gasteiger charge is -2.36. The van der Waals surface area contributed by atoms with Crippen LogP contribution in [0, 0.1) is 0 Å². The average molecular weight is 356 g/mol. The third-order valence-electron chi connectivity index (χ3n) is 5.26. The lowest BCUT2D eigenvalue weighted by atomic mass is 10.1. The van der Waals surface area contributed by atoms with Gasteiger partial charge in [0.25, 0.3) is 5.56 Å². The number of H-pyrrole nitrogens is 1. The van der Waals surface area contributed by atoms with E-state index in [2.05, 4.69) is 45.1 Å². The zero-order valence-electron chi connectivity index (χ0n) is 14.9. The van der Waals surface area contributed by atoms with Crippen LogP contribution in [0.25, 0.3) is 21.7 Å². The van der Waals surface area contributed by atoms with Crippen LogP contribution in [0.5, 0.6) is 0 Å². The van der Waals surface area contributed by atoms with Gasteiger partial charge in [0.15, 0.2) is 0 Å². The van der Waals surface area contributed by atoms with E-state index in [-0.39, 0.29) is 5.56 Å². The van der Waals surface area contributed by atoms with Gasteiger partial charge in [0.2, 0.25) is 5.95 Å². The standard InChI is InChI=1S/C22H20N4O/c27-21-19-14-16-6-4-5-7-17(16)15-20(19)23-22(24-21)26-12-10-25(11-13-26)18-8-2-1-3-9-18/h1-9,14-15H,10-13H2,(H,23,24,27). The van der Waals surface area contributed by atoms with Gasteiger partial charge in [-0.05, 0) is 35.0 Å². The fraction of sp³-hybridized carbons (Fsp3) is 0.182. The molecular weight excluding hydrogens is 336 g/mol. The molecule has 134 valence electrons. The number of para-hydroxylation sites is 1. The van der Waals surface area contributed by atoms with Gasteiger partial charge < -0.3 is 9.80 Å². The first-order valence-corrected chi connectivity index (χ1v) is 9.26. The molecule has 0 amide bonds. The third-order valence-corrected chi connectivity index (χ3v) is 5.26. The van der Waals surface area contributed by atoms with Crippen molar-refractivity contribution in [1.82, 2.24) is 9.97 Å². The third kappa shape index (κ3) is 2.91. The van der Waals surface area contributed by atoms with Crippen molar-refractivity contribution in [3.05, 3.63) is 77.1 Å². The largest absolute Gasteiger partial charge is 0.368 e. The van der Waals surface area contributed by atoms with Gasteiger partial charge in [0.05, 0.1) is 10.9 Å². The molecule has 1 N–H and O–H groups in total. The number of benzene rings is 3. The number of hydrogen-bond acceptors (Lipinski definition) is 4. The lowest BCUT2D eigenvalue weighted by Crippen LogP contribution is -2.47. The highest BCUT2D eigenvalue weighted by atomic mass is 16.1. The van der Waals surface area contributed by atoms with E-state index in [1.807, 2.05) is 36.4 Å². The van der Waals surface area contributed by atoms with E-state index in [9.17, 15) is 4.79 Å². The topological polar surface area (TPSA) is 52.2 Å². The Balaban J connectivity index is 1.45. The molecule has 0 spiro atoms. The predicted octanol–water partition coefficient (Wildman–Crippen LogP) is 3.40. The van der Waals surface area contributed by atoms with Gasteiger partial charge >= 0.3 is 0 Å². The van der Waals surface area contributed by atoms with E-state index in [0.717, 1.165) is 42.5 Å². The van der Waals surface area contributed by atoms with Crippen molar-refractivity contribution in [2.24, 2.45) is 0 Å². The number of aromatic amines is 1. The van der Waals surface area contributed by atoms with Gasteiger partial charge in [0.1, 0.15) is 0 Å². The van der Waals surface area contributed by atoms with Gasteiger partial charge in [-0.2, -0.15) is 0 Å².